The van der Waals surface area contributed by atoms with E-state index in [1.165, 1.54) is 12.8 Å². The molecule has 1 aliphatic carbocycles. The Kier molecular flexibility index (Phi) is 4.68. The second-order valence-electron chi connectivity index (χ2n) is 5.37. The van der Waals surface area contributed by atoms with Gasteiger partial charge in [0.2, 0.25) is 0 Å². The number of ether oxygens (including phenoxy) is 2. The summed E-state index contributed by atoms with van der Waals surface area (Å²) in [6, 6.07) is 7.75. The highest BCUT2D eigenvalue weighted by Gasteiger charge is 2.18. The molecule has 0 N–H and O–H groups in total. The number of hydrogen-bond donors (Lipinski definition) is 0. The third-order valence-corrected chi connectivity index (χ3v) is 3.79. The Bertz CT molecular complexity index is 635. The molecule has 2 aromatic rings. The van der Waals surface area contributed by atoms with Crippen LogP contribution < -0.4 is 9.47 Å². The lowest BCUT2D eigenvalue weighted by atomic mass is 10.2. The van der Waals surface area contributed by atoms with Crippen LogP contribution in [0.25, 0.3) is 12.2 Å². The normalized spacial score (nSPS) is 15.3. The Morgan fingerprint density at radius 1 is 1.05 bits per heavy atom. The van der Waals surface area contributed by atoms with Crippen molar-refractivity contribution >= 4 is 12.2 Å². The molecule has 1 saturated carbocycles. The number of benzene rings is 1. The molecule has 4 nitrogen and oxygen atoms in total. The summed E-state index contributed by atoms with van der Waals surface area (Å²) in [5, 5.41) is 0. The zero-order chi connectivity index (χ0) is 15.2. The molecule has 1 heterocycles. The van der Waals surface area contributed by atoms with E-state index in [2.05, 4.69) is 9.97 Å². The molecule has 0 saturated heterocycles. The van der Waals surface area contributed by atoms with E-state index in [0.29, 0.717) is 11.9 Å². The number of methoxy groups -OCH3 is 1. The van der Waals surface area contributed by atoms with Gasteiger partial charge in [0.1, 0.15) is 0 Å². The maximum atomic E-state index is 6.10. The summed E-state index contributed by atoms with van der Waals surface area (Å²) in [5.74, 6) is 2.28. The maximum absolute atomic E-state index is 6.10. The Balaban J connectivity index is 1.78. The summed E-state index contributed by atoms with van der Waals surface area (Å²) < 4.78 is 11.5. The topological polar surface area (TPSA) is 44.2 Å². The summed E-state index contributed by atoms with van der Waals surface area (Å²) in [7, 11) is 1.67. The van der Waals surface area contributed by atoms with Gasteiger partial charge < -0.3 is 9.47 Å². The third-order valence-electron chi connectivity index (χ3n) is 3.79. The minimum atomic E-state index is 0.311. The third kappa shape index (κ3) is 3.64. The average Bonchev–Trinajstić information content (AvgIpc) is 3.07. The highest BCUT2D eigenvalue weighted by Crippen LogP contribution is 2.32. The first kappa shape index (κ1) is 14.6. The Hall–Kier alpha value is -2.36. The van der Waals surface area contributed by atoms with E-state index in [1.807, 2.05) is 30.4 Å². The fourth-order valence-corrected chi connectivity index (χ4v) is 2.64. The molecular formula is C18H20N2O2. The van der Waals surface area contributed by atoms with E-state index in [1.54, 1.807) is 25.6 Å². The second-order valence-corrected chi connectivity index (χ2v) is 5.37. The van der Waals surface area contributed by atoms with Crippen LogP contribution in [0.2, 0.25) is 0 Å². The van der Waals surface area contributed by atoms with Crippen molar-refractivity contribution in [3.63, 3.8) is 0 Å². The molecule has 0 bridgehead atoms. The molecule has 1 aromatic heterocycles. The van der Waals surface area contributed by atoms with Crippen molar-refractivity contribution in [1.82, 2.24) is 9.97 Å². The molecule has 0 aliphatic heterocycles. The monoisotopic (exact) mass is 296 g/mol. The summed E-state index contributed by atoms with van der Waals surface area (Å²) in [5.41, 5.74) is 1.04. The summed E-state index contributed by atoms with van der Waals surface area (Å²) in [4.78, 5) is 8.36. The van der Waals surface area contributed by atoms with Crippen LogP contribution in [0.15, 0.2) is 36.7 Å². The number of nitrogens with zero attached hydrogens (tertiary/aromatic N) is 2. The van der Waals surface area contributed by atoms with Gasteiger partial charge in [0.05, 0.1) is 13.2 Å². The first-order chi connectivity index (χ1) is 10.8. The van der Waals surface area contributed by atoms with Gasteiger partial charge in [-0.15, -0.1) is 0 Å². The average molecular weight is 296 g/mol. The van der Waals surface area contributed by atoms with Crippen LogP contribution in [0.4, 0.5) is 0 Å². The molecule has 22 heavy (non-hydrogen) atoms. The van der Waals surface area contributed by atoms with Crippen molar-refractivity contribution in [1.29, 1.82) is 0 Å². The second kappa shape index (κ2) is 7.07. The van der Waals surface area contributed by atoms with E-state index in [0.717, 1.165) is 29.9 Å². The fourth-order valence-electron chi connectivity index (χ4n) is 2.64. The van der Waals surface area contributed by atoms with Crippen molar-refractivity contribution < 1.29 is 9.47 Å². The molecule has 0 spiro atoms. The predicted molar refractivity (Wildman–Crippen MR) is 86.8 cm³/mol. The van der Waals surface area contributed by atoms with Gasteiger partial charge in [-0.05, 0) is 55.5 Å². The molecule has 3 rings (SSSR count). The van der Waals surface area contributed by atoms with Gasteiger partial charge in [-0.2, -0.15) is 0 Å². The van der Waals surface area contributed by atoms with Crippen LogP contribution in [-0.4, -0.2) is 23.2 Å². The van der Waals surface area contributed by atoms with Gasteiger partial charge in [-0.25, -0.2) is 9.97 Å². The zero-order valence-electron chi connectivity index (χ0n) is 12.7. The van der Waals surface area contributed by atoms with Gasteiger partial charge in [-0.1, -0.05) is 12.1 Å². The molecule has 1 aromatic carbocycles. The Labute approximate surface area is 130 Å². The molecule has 0 amide bonds. The number of rotatable bonds is 5. The number of hydrogen-bond acceptors (Lipinski definition) is 4. The fraction of sp³-hybridized carbons (Fsp3) is 0.333. The van der Waals surface area contributed by atoms with Crippen LogP contribution in [0, 0.1) is 0 Å². The highest BCUT2D eigenvalue weighted by atomic mass is 16.5. The van der Waals surface area contributed by atoms with Crippen molar-refractivity contribution in [2.24, 2.45) is 0 Å². The largest absolute Gasteiger partial charge is 0.493 e. The van der Waals surface area contributed by atoms with Crippen LogP contribution in [0.1, 0.15) is 37.1 Å². The van der Waals surface area contributed by atoms with Gasteiger partial charge in [0, 0.05) is 12.4 Å². The van der Waals surface area contributed by atoms with E-state index < -0.39 is 0 Å². The Morgan fingerprint density at radius 3 is 2.55 bits per heavy atom. The molecule has 0 unspecified atom stereocenters. The van der Waals surface area contributed by atoms with Gasteiger partial charge >= 0.3 is 0 Å². The van der Waals surface area contributed by atoms with Crippen molar-refractivity contribution in [2.45, 2.75) is 31.8 Å². The molecule has 0 radical (unpaired) electrons. The Morgan fingerprint density at radius 2 is 1.82 bits per heavy atom. The lowest BCUT2D eigenvalue weighted by Crippen LogP contribution is -2.11. The summed E-state index contributed by atoms with van der Waals surface area (Å²) in [6.07, 6.45) is 12.4. The molecular weight excluding hydrogens is 276 g/mol. The minimum Gasteiger partial charge on any atom is -0.493 e. The smallest absolute Gasteiger partial charge is 0.162 e. The van der Waals surface area contributed by atoms with E-state index in [-0.39, 0.29) is 0 Å². The standard InChI is InChI=1S/C18H20N2O2/c1-21-16-9-7-14(8-10-18-19-11-4-12-20-18)13-17(16)22-15-5-2-3-6-15/h4,7-13,15H,2-3,5-6H2,1H3. The summed E-state index contributed by atoms with van der Waals surface area (Å²) in [6.45, 7) is 0. The first-order valence-electron chi connectivity index (χ1n) is 7.65. The molecule has 114 valence electrons. The lowest BCUT2D eigenvalue weighted by Gasteiger charge is -2.16. The molecule has 0 atom stereocenters. The van der Waals surface area contributed by atoms with Crippen molar-refractivity contribution in [3.05, 3.63) is 48.0 Å². The van der Waals surface area contributed by atoms with E-state index >= 15 is 0 Å². The highest BCUT2D eigenvalue weighted by molar-refractivity contribution is 5.68. The van der Waals surface area contributed by atoms with E-state index in [9.17, 15) is 0 Å². The predicted octanol–water partition coefficient (Wildman–Crippen LogP) is 3.98. The van der Waals surface area contributed by atoms with Crippen LogP contribution >= 0.6 is 0 Å². The van der Waals surface area contributed by atoms with Crippen LogP contribution in [0.5, 0.6) is 11.5 Å². The van der Waals surface area contributed by atoms with E-state index in [4.69, 9.17) is 9.47 Å². The number of aromatic nitrogens is 2. The summed E-state index contributed by atoms with van der Waals surface area (Å²) >= 11 is 0. The minimum absolute atomic E-state index is 0.311. The van der Waals surface area contributed by atoms with Crippen molar-refractivity contribution in [3.8, 4) is 11.5 Å². The lowest BCUT2D eigenvalue weighted by molar-refractivity contribution is 0.201. The van der Waals surface area contributed by atoms with Crippen LogP contribution in [-0.2, 0) is 0 Å². The molecule has 4 heteroatoms. The molecule has 1 aliphatic rings. The van der Waals surface area contributed by atoms with Crippen LogP contribution in [0.3, 0.4) is 0 Å². The maximum Gasteiger partial charge on any atom is 0.162 e. The molecule has 1 fully saturated rings. The SMILES string of the molecule is COc1ccc(C=Cc2ncccn2)cc1OC1CCCC1. The quantitative estimate of drug-likeness (QED) is 0.837. The van der Waals surface area contributed by atoms with Gasteiger partial charge in [0.15, 0.2) is 17.3 Å². The van der Waals surface area contributed by atoms with Gasteiger partial charge in [-0.3, -0.25) is 0 Å². The zero-order valence-corrected chi connectivity index (χ0v) is 12.7. The van der Waals surface area contributed by atoms with Gasteiger partial charge in [0.25, 0.3) is 0 Å². The van der Waals surface area contributed by atoms with Crippen molar-refractivity contribution in [2.75, 3.05) is 7.11 Å². The first-order valence-corrected chi connectivity index (χ1v) is 7.65.